The average molecular weight is 288 g/mol. The first-order valence-corrected chi connectivity index (χ1v) is 7.01. The van der Waals surface area contributed by atoms with Crippen LogP contribution in [0.4, 0.5) is 4.39 Å². The van der Waals surface area contributed by atoms with Crippen molar-refractivity contribution in [1.82, 2.24) is 5.32 Å². The van der Waals surface area contributed by atoms with Crippen molar-refractivity contribution in [2.24, 2.45) is 0 Å². The monoisotopic (exact) mass is 287 g/mol. The molecule has 0 radical (unpaired) electrons. The van der Waals surface area contributed by atoms with Crippen molar-refractivity contribution < 1.29 is 9.13 Å². The van der Waals surface area contributed by atoms with Crippen LogP contribution in [-0.4, -0.2) is 25.3 Å². The van der Waals surface area contributed by atoms with Gasteiger partial charge in [0.05, 0.1) is 10.6 Å². The lowest BCUT2D eigenvalue weighted by Gasteiger charge is -2.34. The molecule has 0 aliphatic carbocycles. The van der Waals surface area contributed by atoms with Crippen LogP contribution in [0, 0.1) is 5.82 Å². The molecule has 4 heteroatoms. The molecule has 0 saturated heterocycles. The van der Waals surface area contributed by atoms with E-state index >= 15 is 0 Å². The predicted octanol–water partition coefficient (Wildman–Crippen LogP) is 3.81. The molecule has 0 fully saturated rings. The number of benzene rings is 1. The van der Waals surface area contributed by atoms with Crippen LogP contribution < -0.4 is 5.32 Å². The number of halogens is 2. The van der Waals surface area contributed by atoms with E-state index in [2.05, 4.69) is 12.2 Å². The van der Waals surface area contributed by atoms with Crippen LogP contribution in [0.25, 0.3) is 0 Å². The lowest BCUT2D eigenvalue weighted by Crippen LogP contribution is -2.49. The summed E-state index contributed by atoms with van der Waals surface area (Å²) >= 11 is 5.82. The van der Waals surface area contributed by atoms with E-state index in [1.165, 1.54) is 0 Å². The average Bonchev–Trinajstić information content (AvgIpc) is 2.39. The second kappa shape index (κ2) is 7.22. The first kappa shape index (κ1) is 16.4. The highest BCUT2D eigenvalue weighted by Crippen LogP contribution is 2.23. The molecule has 0 amide bonds. The molecule has 1 unspecified atom stereocenters. The van der Waals surface area contributed by atoms with Crippen molar-refractivity contribution >= 4 is 11.6 Å². The van der Waals surface area contributed by atoms with Crippen molar-refractivity contribution in [2.45, 2.75) is 45.3 Å². The van der Waals surface area contributed by atoms with Crippen LogP contribution in [0.3, 0.4) is 0 Å². The third kappa shape index (κ3) is 4.44. The molecule has 1 N–H and O–H groups in total. The maximum atomic E-state index is 14.0. The Hall–Kier alpha value is -0.640. The van der Waals surface area contributed by atoms with Crippen LogP contribution in [0.15, 0.2) is 18.2 Å². The van der Waals surface area contributed by atoms with E-state index in [1.54, 1.807) is 25.3 Å². The van der Waals surface area contributed by atoms with Crippen LogP contribution in [0.1, 0.15) is 32.8 Å². The van der Waals surface area contributed by atoms with Crippen molar-refractivity contribution in [3.8, 4) is 0 Å². The maximum absolute atomic E-state index is 14.0. The molecule has 0 aromatic heterocycles. The smallest absolute Gasteiger partial charge is 0.145 e. The highest BCUT2D eigenvalue weighted by molar-refractivity contribution is 6.30. The van der Waals surface area contributed by atoms with Crippen LogP contribution in [0.2, 0.25) is 5.02 Å². The summed E-state index contributed by atoms with van der Waals surface area (Å²) in [4.78, 5) is 0. The molecule has 0 saturated carbocycles. The second-order valence-corrected chi connectivity index (χ2v) is 5.64. The molecule has 2 nitrogen and oxygen atoms in total. The molecule has 1 atom stereocenters. The quantitative estimate of drug-likeness (QED) is 0.823. The van der Waals surface area contributed by atoms with E-state index in [1.807, 2.05) is 13.8 Å². The Kier molecular flexibility index (Phi) is 6.24. The van der Waals surface area contributed by atoms with E-state index in [0.717, 1.165) is 13.0 Å². The van der Waals surface area contributed by atoms with Crippen molar-refractivity contribution in [3.63, 3.8) is 0 Å². The number of hydrogen-bond donors (Lipinski definition) is 1. The fourth-order valence-corrected chi connectivity index (χ4v) is 2.14. The van der Waals surface area contributed by atoms with Crippen molar-refractivity contribution in [2.75, 3.05) is 13.7 Å². The zero-order valence-corrected chi connectivity index (χ0v) is 12.9. The van der Waals surface area contributed by atoms with E-state index in [9.17, 15) is 4.39 Å². The molecular formula is C15H23ClFNO. The third-order valence-corrected chi connectivity index (χ3v) is 3.75. The number of hydrogen-bond acceptors (Lipinski definition) is 2. The van der Waals surface area contributed by atoms with Gasteiger partial charge < -0.3 is 10.1 Å². The number of nitrogens with one attached hydrogen (secondary N) is 1. The van der Waals surface area contributed by atoms with E-state index < -0.39 is 0 Å². The lowest BCUT2D eigenvalue weighted by molar-refractivity contribution is -0.0102. The van der Waals surface area contributed by atoms with Gasteiger partial charge in [-0.3, -0.25) is 0 Å². The second-order valence-electron chi connectivity index (χ2n) is 5.23. The lowest BCUT2D eigenvalue weighted by atomic mass is 9.91. The minimum absolute atomic E-state index is 0.0328. The molecule has 0 aliphatic heterocycles. The van der Waals surface area contributed by atoms with Gasteiger partial charge >= 0.3 is 0 Å². The topological polar surface area (TPSA) is 21.3 Å². The predicted molar refractivity (Wildman–Crippen MR) is 78.3 cm³/mol. The fraction of sp³-hybridized carbons (Fsp3) is 0.600. The third-order valence-electron chi connectivity index (χ3n) is 3.46. The Balaban J connectivity index is 2.91. The summed E-state index contributed by atoms with van der Waals surface area (Å²) in [7, 11) is 1.68. The minimum Gasteiger partial charge on any atom is -0.377 e. The summed E-state index contributed by atoms with van der Waals surface area (Å²) in [5.41, 5.74) is 0.246. The Labute approximate surface area is 120 Å². The van der Waals surface area contributed by atoms with Gasteiger partial charge in [-0.05, 0) is 44.9 Å². The van der Waals surface area contributed by atoms with E-state index in [0.29, 0.717) is 12.0 Å². The Morgan fingerprint density at radius 3 is 2.68 bits per heavy atom. The van der Waals surface area contributed by atoms with Gasteiger partial charge in [0.15, 0.2) is 0 Å². The number of methoxy groups -OCH3 is 1. The van der Waals surface area contributed by atoms with Gasteiger partial charge in [-0.15, -0.1) is 0 Å². The Morgan fingerprint density at radius 1 is 1.42 bits per heavy atom. The summed E-state index contributed by atoms with van der Waals surface area (Å²) in [6, 6.07) is 5.15. The standard InChI is InChI=1S/C15H23ClFNO/c1-5-9-18-13(15(2,3)19-4)10-11-7-6-8-12(16)14(11)17/h6-8,13,18H,5,9-10H2,1-4H3. The summed E-state index contributed by atoms with van der Waals surface area (Å²) in [6.45, 7) is 6.98. The molecule has 0 aliphatic rings. The number of rotatable bonds is 7. The Bertz CT molecular complexity index is 409. The molecule has 108 valence electrons. The molecule has 0 bridgehead atoms. The first-order valence-electron chi connectivity index (χ1n) is 6.63. The van der Waals surface area contributed by atoms with Crippen molar-refractivity contribution in [1.29, 1.82) is 0 Å². The van der Waals surface area contributed by atoms with Crippen LogP contribution >= 0.6 is 11.6 Å². The SMILES string of the molecule is CCCNC(Cc1cccc(Cl)c1F)C(C)(C)OC. The molecule has 1 aromatic rings. The Morgan fingerprint density at radius 2 is 2.11 bits per heavy atom. The first-order chi connectivity index (χ1) is 8.92. The molecular weight excluding hydrogens is 265 g/mol. The molecule has 0 spiro atoms. The van der Waals surface area contributed by atoms with Gasteiger partial charge in [0.25, 0.3) is 0 Å². The van der Waals surface area contributed by atoms with Gasteiger partial charge in [-0.2, -0.15) is 0 Å². The normalized spacial score (nSPS) is 13.6. The molecule has 19 heavy (non-hydrogen) atoms. The fourth-order valence-electron chi connectivity index (χ4n) is 1.95. The van der Waals surface area contributed by atoms with Gasteiger partial charge in [-0.25, -0.2) is 4.39 Å². The summed E-state index contributed by atoms with van der Waals surface area (Å²) < 4.78 is 19.5. The highest BCUT2D eigenvalue weighted by Gasteiger charge is 2.29. The van der Waals surface area contributed by atoms with Gasteiger partial charge in [-0.1, -0.05) is 30.7 Å². The largest absolute Gasteiger partial charge is 0.377 e. The summed E-state index contributed by atoms with van der Waals surface area (Å²) in [5.74, 6) is -0.334. The minimum atomic E-state index is -0.371. The van der Waals surface area contributed by atoms with E-state index in [4.69, 9.17) is 16.3 Å². The number of ether oxygens (including phenoxy) is 1. The molecule has 1 rings (SSSR count). The summed E-state index contributed by atoms with van der Waals surface area (Å²) in [5, 5.41) is 3.59. The van der Waals surface area contributed by atoms with Gasteiger partial charge in [0.1, 0.15) is 5.82 Å². The van der Waals surface area contributed by atoms with Crippen molar-refractivity contribution in [3.05, 3.63) is 34.6 Å². The summed E-state index contributed by atoms with van der Waals surface area (Å²) in [6.07, 6.45) is 1.57. The molecule has 0 heterocycles. The van der Waals surface area contributed by atoms with E-state index in [-0.39, 0.29) is 22.5 Å². The van der Waals surface area contributed by atoms with Gasteiger partial charge in [0.2, 0.25) is 0 Å². The van der Waals surface area contributed by atoms with Crippen LogP contribution in [-0.2, 0) is 11.2 Å². The zero-order valence-electron chi connectivity index (χ0n) is 12.1. The zero-order chi connectivity index (χ0) is 14.5. The van der Waals surface area contributed by atoms with Gasteiger partial charge in [0, 0.05) is 13.2 Å². The highest BCUT2D eigenvalue weighted by atomic mass is 35.5. The molecule has 1 aromatic carbocycles. The van der Waals surface area contributed by atoms with Crippen LogP contribution in [0.5, 0.6) is 0 Å². The maximum Gasteiger partial charge on any atom is 0.145 e.